The number of carbonyl (C=O) groups excluding carboxylic acids is 1. The van der Waals surface area contributed by atoms with Crippen LogP contribution in [0.2, 0.25) is 0 Å². The predicted molar refractivity (Wildman–Crippen MR) is 73.4 cm³/mol. The monoisotopic (exact) mass is 325 g/mol. The Balaban J connectivity index is 1.84. The number of benzene rings is 1. The van der Waals surface area contributed by atoms with Gasteiger partial charge in [0.05, 0.1) is 11.3 Å². The van der Waals surface area contributed by atoms with Gasteiger partial charge in [-0.3, -0.25) is 4.79 Å². The number of nitrogens with zero attached hydrogens (tertiary/aromatic N) is 2. The lowest BCUT2D eigenvalue weighted by Crippen LogP contribution is -2.17. The summed E-state index contributed by atoms with van der Waals surface area (Å²) >= 11 is 0. The summed E-state index contributed by atoms with van der Waals surface area (Å²) in [7, 11) is 0. The number of alkyl halides is 3. The number of carbonyl (C=O) groups is 1. The molecule has 1 aliphatic rings. The van der Waals surface area contributed by atoms with Crippen molar-refractivity contribution in [2.75, 3.05) is 5.32 Å². The fraction of sp³-hybridized carbons (Fsp3) is 0.267. The highest BCUT2D eigenvalue weighted by Crippen LogP contribution is 2.39. The van der Waals surface area contributed by atoms with Crippen LogP contribution in [0.15, 0.2) is 30.6 Å². The zero-order chi connectivity index (χ0) is 16.6. The Bertz CT molecular complexity index is 757. The molecule has 1 heterocycles. The van der Waals surface area contributed by atoms with E-state index in [4.69, 9.17) is 0 Å². The summed E-state index contributed by atoms with van der Waals surface area (Å²) in [6.07, 6.45) is -1.68. The number of halogens is 4. The van der Waals surface area contributed by atoms with E-state index in [0.29, 0.717) is 11.8 Å². The second kappa shape index (κ2) is 5.60. The first-order valence-corrected chi connectivity index (χ1v) is 6.85. The van der Waals surface area contributed by atoms with Gasteiger partial charge >= 0.3 is 6.18 Å². The van der Waals surface area contributed by atoms with Gasteiger partial charge in [-0.1, -0.05) is 6.07 Å². The number of aromatic nitrogens is 2. The van der Waals surface area contributed by atoms with Crippen LogP contribution in [0.3, 0.4) is 0 Å². The lowest BCUT2D eigenvalue weighted by molar-refractivity contribution is -0.139. The van der Waals surface area contributed by atoms with E-state index < -0.39 is 29.2 Å². The highest BCUT2D eigenvalue weighted by Gasteiger charge is 2.35. The first-order valence-electron chi connectivity index (χ1n) is 6.85. The molecule has 1 aromatic heterocycles. The van der Waals surface area contributed by atoms with Gasteiger partial charge in [0.1, 0.15) is 12.0 Å². The standard InChI is InChI=1S/C15H11F4N3O/c16-13-9(15(17,18)19)2-1-3-10(13)22-14(23)12-6-11(8-4-5-8)20-7-21-12/h1-3,6-8H,4-5H2,(H,22,23). The van der Waals surface area contributed by atoms with Crippen molar-refractivity contribution in [2.24, 2.45) is 0 Å². The van der Waals surface area contributed by atoms with Crippen molar-refractivity contribution >= 4 is 11.6 Å². The third kappa shape index (κ3) is 3.30. The van der Waals surface area contributed by atoms with Gasteiger partial charge in [0.15, 0.2) is 5.82 Å². The number of hydrogen-bond acceptors (Lipinski definition) is 3. The number of nitrogens with one attached hydrogen (secondary N) is 1. The van der Waals surface area contributed by atoms with Crippen LogP contribution in [0.5, 0.6) is 0 Å². The van der Waals surface area contributed by atoms with Crippen molar-refractivity contribution < 1.29 is 22.4 Å². The largest absolute Gasteiger partial charge is 0.419 e. The van der Waals surface area contributed by atoms with E-state index in [1.165, 1.54) is 12.4 Å². The van der Waals surface area contributed by atoms with Gasteiger partial charge in [-0.25, -0.2) is 14.4 Å². The summed E-state index contributed by atoms with van der Waals surface area (Å²) in [5, 5.41) is 2.12. The van der Waals surface area contributed by atoms with Gasteiger partial charge in [0.25, 0.3) is 5.91 Å². The molecular formula is C15H11F4N3O. The maximum absolute atomic E-state index is 13.9. The molecule has 120 valence electrons. The molecule has 0 radical (unpaired) electrons. The molecule has 23 heavy (non-hydrogen) atoms. The molecule has 0 aliphatic heterocycles. The molecule has 0 bridgehead atoms. The molecule has 0 atom stereocenters. The molecule has 1 fully saturated rings. The second-order valence-electron chi connectivity index (χ2n) is 5.22. The first kappa shape index (κ1) is 15.4. The molecule has 3 rings (SSSR count). The molecule has 0 spiro atoms. The van der Waals surface area contributed by atoms with Crippen LogP contribution in [0.25, 0.3) is 0 Å². The molecule has 0 saturated heterocycles. The lowest BCUT2D eigenvalue weighted by atomic mass is 10.1. The van der Waals surface area contributed by atoms with Crippen LogP contribution in [-0.4, -0.2) is 15.9 Å². The van der Waals surface area contributed by atoms with Crippen molar-refractivity contribution in [1.29, 1.82) is 0 Å². The minimum atomic E-state index is -4.83. The Morgan fingerprint density at radius 3 is 2.61 bits per heavy atom. The van der Waals surface area contributed by atoms with E-state index in [1.807, 2.05) is 0 Å². The van der Waals surface area contributed by atoms with Crippen molar-refractivity contribution in [3.8, 4) is 0 Å². The third-order valence-corrected chi connectivity index (χ3v) is 3.47. The second-order valence-corrected chi connectivity index (χ2v) is 5.22. The van der Waals surface area contributed by atoms with E-state index in [0.717, 1.165) is 25.0 Å². The van der Waals surface area contributed by atoms with Gasteiger partial charge in [-0.15, -0.1) is 0 Å². The minimum Gasteiger partial charge on any atom is -0.318 e. The lowest BCUT2D eigenvalue weighted by Gasteiger charge is -2.12. The number of hydrogen-bond donors (Lipinski definition) is 1. The molecule has 0 unspecified atom stereocenters. The molecule has 1 saturated carbocycles. The Kier molecular flexibility index (Phi) is 3.75. The molecule has 8 heteroatoms. The van der Waals surface area contributed by atoms with Crippen LogP contribution in [-0.2, 0) is 6.18 Å². The number of rotatable bonds is 3. The normalized spacial score (nSPS) is 14.6. The maximum Gasteiger partial charge on any atom is 0.419 e. The van der Waals surface area contributed by atoms with Gasteiger partial charge < -0.3 is 5.32 Å². The van der Waals surface area contributed by atoms with Crippen molar-refractivity contribution in [1.82, 2.24) is 9.97 Å². The van der Waals surface area contributed by atoms with E-state index in [9.17, 15) is 22.4 Å². The Hall–Kier alpha value is -2.51. The molecule has 4 nitrogen and oxygen atoms in total. The predicted octanol–water partition coefficient (Wildman–Crippen LogP) is 3.76. The number of anilines is 1. The summed E-state index contributed by atoms with van der Waals surface area (Å²) in [6, 6.07) is 4.17. The highest BCUT2D eigenvalue weighted by molar-refractivity contribution is 6.03. The van der Waals surface area contributed by atoms with Crippen LogP contribution in [0.4, 0.5) is 23.2 Å². The van der Waals surface area contributed by atoms with E-state index in [1.54, 1.807) is 0 Å². The highest BCUT2D eigenvalue weighted by atomic mass is 19.4. The maximum atomic E-state index is 13.9. The van der Waals surface area contributed by atoms with Gasteiger partial charge in [0.2, 0.25) is 0 Å². The smallest absolute Gasteiger partial charge is 0.318 e. The first-order chi connectivity index (χ1) is 10.9. The quantitative estimate of drug-likeness (QED) is 0.874. The molecule has 1 amide bonds. The van der Waals surface area contributed by atoms with Crippen molar-refractivity contribution in [3.63, 3.8) is 0 Å². The van der Waals surface area contributed by atoms with Crippen molar-refractivity contribution in [3.05, 3.63) is 53.4 Å². The summed E-state index contributed by atoms with van der Waals surface area (Å²) in [5.74, 6) is -2.02. The molecular weight excluding hydrogens is 314 g/mol. The van der Waals surface area contributed by atoms with E-state index in [-0.39, 0.29) is 11.6 Å². The van der Waals surface area contributed by atoms with Crippen LogP contribution in [0.1, 0.15) is 40.5 Å². The van der Waals surface area contributed by atoms with E-state index in [2.05, 4.69) is 15.3 Å². The van der Waals surface area contributed by atoms with Crippen LogP contribution in [0, 0.1) is 5.82 Å². The topological polar surface area (TPSA) is 54.9 Å². The number of amides is 1. The third-order valence-electron chi connectivity index (χ3n) is 3.47. The minimum absolute atomic E-state index is 0.0151. The van der Waals surface area contributed by atoms with Gasteiger partial charge in [-0.05, 0) is 31.0 Å². The van der Waals surface area contributed by atoms with Gasteiger partial charge in [0, 0.05) is 11.6 Å². The average Bonchev–Trinajstić information content (AvgIpc) is 3.33. The summed E-state index contributed by atoms with van der Waals surface area (Å²) in [4.78, 5) is 19.9. The summed E-state index contributed by atoms with van der Waals surface area (Å²) in [6.45, 7) is 0. The molecule has 1 aromatic carbocycles. The van der Waals surface area contributed by atoms with E-state index >= 15 is 0 Å². The van der Waals surface area contributed by atoms with Crippen molar-refractivity contribution in [2.45, 2.75) is 24.9 Å². The fourth-order valence-electron chi connectivity index (χ4n) is 2.13. The zero-order valence-electron chi connectivity index (χ0n) is 11.7. The summed E-state index contributed by atoms with van der Waals surface area (Å²) < 4.78 is 51.9. The average molecular weight is 325 g/mol. The molecule has 1 aliphatic carbocycles. The summed E-state index contributed by atoms with van der Waals surface area (Å²) in [5.41, 5.74) is -1.29. The van der Waals surface area contributed by atoms with Crippen LogP contribution >= 0.6 is 0 Å². The van der Waals surface area contributed by atoms with Gasteiger partial charge in [-0.2, -0.15) is 13.2 Å². The zero-order valence-corrected chi connectivity index (χ0v) is 11.7. The SMILES string of the molecule is O=C(Nc1cccc(C(F)(F)F)c1F)c1cc(C2CC2)ncn1. The Labute approximate surface area is 128 Å². The fourth-order valence-corrected chi connectivity index (χ4v) is 2.13. The molecule has 1 N–H and O–H groups in total. The molecule has 2 aromatic rings. The Morgan fingerprint density at radius 1 is 1.22 bits per heavy atom. The Morgan fingerprint density at radius 2 is 1.96 bits per heavy atom. The van der Waals surface area contributed by atoms with Crippen LogP contribution < -0.4 is 5.32 Å².